The lowest BCUT2D eigenvalue weighted by atomic mass is 10.0. The van der Waals surface area contributed by atoms with Crippen molar-refractivity contribution in [1.82, 2.24) is 4.72 Å². The van der Waals surface area contributed by atoms with Crippen LogP contribution in [0.4, 0.5) is 4.39 Å². The number of nitrogens with one attached hydrogen (secondary N) is 1. The molecule has 1 aliphatic carbocycles. The molecule has 1 aliphatic rings. The van der Waals surface area contributed by atoms with Crippen LogP contribution < -0.4 is 4.72 Å². The molecule has 0 atom stereocenters. The Balaban J connectivity index is 2.18. The molecule has 1 aromatic rings. The summed E-state index contributed by atoms with van der Waals surface area (Å²) in [6, 6.07) is 2.08. The second kappa shape index (κ2) is 6.20. The normalized spacial score (nSPS) is 17.0. The Morgan fingerprint density at radius 2 is 2.10 bits per heavy atom. The van der Waals surface area contributed by atoms with E-state index in [-0.39, 0.29) is 20.9 Å². The molecule has 0 radical (unpaired) electrons. The molecule has 21 heavy (non-hydrogen) atoms. The van der Waals surface area contributed by atoms with Gasteiger partial charge in [-0.05, 0) is 36.8 Å². The van der Waals surface area contributed by atoms with Gasteiger partial charge in [-0.25, -0.2) is 17.5 Å². The van der Waals surface area contributed by atoms with Gasteiger partial charge in [0.05, 0.1) is 16.5 Å². The van der Waals surface area contributed by atoms with Crippen LogP contribution in [0.3, 0.4) is 0 Å². The topological polar surface area (TPSA) is 66.4 Å². The van der Waals surface area contributed by atoms with E-state index in [1.165, 1.54) is 6.07 Å². The third-order valence-electron chi connectivity index (χ3n) is 3.93. The van der Waals surface area contributed by atoms with Gasteiger partial charge in [-0.2, -0.15) is 0 Å². The molecule has 2 N–H and O–H groups in total. The van der Waals surface area contributed by atoms with Crippen molar-refractivity contribution in [2.45, 2.75) is 44.1 Å². The molecule has 7 heteroatoms. The van der Waals surface area contributed by atoms with E-state index >= 15 is 0 Å². The first-order valence-electron chi connectivity index (χ1n) is 6.92. The number of hydrogen-bond donors (Lipinski definition) is 2. The van der Waals surface area contributed by atoms with E-state index in [9.17, 15) is 12.8 Å². The molecule has 2 rings (SSSR count). The average molecular weight is 336 g/mol. The van der Waals surface area contributed by atoms with Crippen LogP contribution in [-0.2, 0) is 16.6 Å². The maximum absolute atomic E-state index is 13.6. The van der Waals surface area contributed by atoms with E-state index in [0.29, 0.717) is 6.54 Å². The second-order valence-corrected chi connectivity index (χ2v) is 7.76. The predicted molar refractivity (Wildman–Crippen MR) is 79.1 cm³/mol. The van der Waals surface area contributed by atoms with Gasteiger partial charge in [-0.1, -0.05) is 24.9 Å². The van der Waals surface area contributed by atoms with Crippen LogP contribution in [0.2, 0.25) is 5.02 Å². The molecule has 0 bridgehead atoms. The van der Waals surface area contributed by atoms with Crippen LogP contribution in [0, 0.1) is 11.2 Å². The van der Waals surface area contributed by atoms with Crippen molar-refractivity contribution in [1.29, 1.82) is 0 Å². The molecule has 0 amide bonds. The Bertz CT molecular complexity index is 629. The van der Waals surface area contributed by atoms with Crippen molar-refractivity contribution in [3.63, 3.8) is 0 Å². The highest BCUT2D eigenvalue weighted by molar-refractivity contribution is 7.89. The predicted octanol–water partition coefficient (Wildman–Crippen LogP) is 2.83. The number of aliphatic hydroxyl groups is 1. The van der Waals surface area contributed by atoms with Gasteiger partial charge < -0.3 is 5.11 Å². The summed E-state index contributed by atoms with van der Waals surface area (Å²) in [5.41, 5.74) is 0.124. The summed E-state index contributed by atoms with van der Waals surface area (Å²) in [6.07, 6.45) is 4.01. The molecule has 0 heterocycles. The summed E-state index contributed by atoms with van der Waals surface area (Å²) in [6.45, 7) is 1.91. The molecule has 4 nitrogen and oxygen atoms in total. The van der Waals surface area contributed by atoms with Gasteiger partial charge in [0.15, 0.2) is 0 Å². The quantitative estimate of drug-likeness (QED) is 0.805. The molecule has 0 spiro atoms. The SMILES string of the molecule is CCCC1(CNS(=O)(=O)c2cc(F)c(Cl)c(CO)c2)CC1. The fraction of sp³-hybridized carbons (Fsp3) is 0.571. The van der Waals surface area contributed by atoms with E-state index in [2.05, 4.69) is 11.6 Å². The highest BCUT2D eigenvalue weighted by Crippen LogP contribution is 2.49. The maximum atomic E-state index is 13.6. The first-order valence-corrected chi connectivity index (χ1v) is 8.78. The highest BCUT2D eigenvalue weighted by Gasteiger charge is 2.42. The Morgan fingerprint density at radius 1 is 1.43 bits per heavy atom. The molecular formula is C14H19ClFNO3S. The zero-order valence-corrected chi connectivity index (χ0v) is 13.4. The zero-order chi connectivity index (χ0) is 15.7. The Labute approximate surface area is 129 Å². The Kier molecular flexibility index (Phi) is 4.92. The number of benzene rings is 1. The number of rotatable bonds is 7. The largest absolute Gasteiger partial charge is 0.392 e. The van der Waals surface area contributed by atoms with E-state index in [1.807, 2.05) is 0 Å². The lowest BCUT2D eigenvalue weighted by Crippen LogP contribution is -2.30. The van der Waals surface area contributed by atoms with Crippen LogP contribution in [0.1, 0.15) is 38.2 Å². The highest BCUT2D eigenvalue weighted by atomic mass is 35.5. The van der Waals surface area contributed by atoms with Crippen molar-refractivity contribution in [3.05, 3.63) is 28.5 Å². The van der Waals surface area contributed by atoms with Crippen molar-refractivity contribution in [3.8, 4) is 0 Å². The van der Waals surface area contributed by atoms with Gasteiger partial charge in [-0.3, -0.25) is 0 Å². The summed E-state index contributed by atoms with van der Waals surface area (Å²) < 4.78 is 40.7. The van der Waals surface area contributed by atoms with Crippen molar-refractivity contribution >= 4 is 21.6 Å². The first-order chi connectivity index (χ1) is 9.83. The third kappa shape index (κ3) is 3.74. The van der Waals surface area contributed by atoms with E-state index < -0.39 is 22.4 Å². The average Bonchev–Trinajstić information content (AvgIpc) is 3.20. The summed E-state index contributed by atoms with van der Waals surface area (Å²) >= 11 is 5.67. The van der Waals surface area contributed by atoms with Gasteiger partial charge in [0.2, 0.25) is 10.0 Å². The van der Waals surface area contributed by atoms with Crippen LogP contribution in [0.5, 0.6) is 0 Å². The van der Waals surface area contributed by atoms with E-state index in [4.69, 9.17) is 16.7 Å². The smallest absolute Gasteiger partial charge is 0.240 e. The van der Waals surface area contributed by atoms with Gasteiger partial charge in [0.25, 0.3) is 0 Å². The molecule has 1 fully saturated rings. The minimum absolute atomic E-state index is 0.0618. The number of aliphatic hydroxyl groups excluding tert-OH is 1. The van der Waals surface area contributed by atoms with Crippen molar-refractivity contribution < 1.29 is 17.9 Å². The number of halogens is 2. The van der Waals surface area contributed by atoms with Crippen molar-refractivity contribution in [2.24, 2.45) is 5.41 Å². The first kappa shape index (κ1) is 16.7. The zero-order valence-electron chi connectivity index (χ0n) is 11.8. The fourth-order valence-corrected chi connectivity index (χ4v) is 3.83. The number of sulfonamides is 1. The van der Waals surface area contributed by atoms with E-state index in [0.717, 1.165) is 31.7 Å². The molecule has 118 valence electrons. The molecule has 0 aromatic heterocycles. The Morgan fingerprint density at radius 3 is 2.62 bits per heavy atom. The number of hydrogen-bond acceptors (Lipinski definition) is 3. The monoisotopic (exact) mass is 335 g/mol. The summed E-state index contributed by atoms with van der Waals surface area (Å²) in [5, 5.41) is 8.86. The lowest BCUT2D eigenvalue weighted by molar-refractivity contribution is 0.281. The minimum atomic E-state index is -3.80. The molecule has 0 aliphatic heterocycles. The molecular weight excluding hydrogens is 317 g/mol. The Hall–Kier alpha value is -0.690. The molecule has 0 saturated heterocycles. The summed E-state index contributed by atoms with van der Waals surface area (Å²) in [7, 11) is -3.80. The standard InChI is InChI=1S/C14H19ClFNO3S/c1-2-3-14(4-5-14)9-17-21(19,20)11-6-10(8-18)13(15)12(16)7-11/h6-7,17-18H,2-5,8-9H2,1H3. The minimum Gasteiger partial charge on any atom is -0.392 e. The van der Waals surface area contributed by atoms with Crippen LogP contribution in [0.15, 0.2) is 17.0 Å². The van der Waals surface area contributed by atoms with Gasteiger partial charge in [0.1, 0.15) is 5.82 Å². The summed E-state index contributed by atoms with van der Waals surface area (Å²) in [5.74, 6) is -0.849. The van der Waals surface area contributed by atoms with Gasteiger partial charge in [-0.15, -0.1) is 0 Å². The lowest BCUT2D eigenvalue weighted by Gasteiger charge is -2.15. The molecule has 1 saturated carbocycles. The maximum Gasteiger partial charge on any atom is 0.240 e. The van der Waals surface area contributed by atoms with E-state index in [1.54, 1.807) is 0 Å². The van der Waals surface area contributed by atoms with Crippen LogP contribution >= 0.6 is 11.6 Å². The van der Waals surface area contributed by atoms with Crippen molar-refractivity contribution in [2.75, 3.05) is 6.54 Å². The van der Waals surface area contributed by atoms with Gasteiger partial charge in [0, 0.05) is 12.1 Å². The summed E-state index contributed by atoms with van der Waals surface area (Å²) in [4.78, 5) is -0.208. The third-order valence-corrected chi connectivity index (χ3v) is 5.74. The molecule has 0 unspecified atom stereocenters. The second-order valence-electron chi connectivity index (χ2n) is 5.61. The van der Waals surface area contributed by atoms with Crippen LogP contribution in [0.25, 0.3) is 0 Å². The van der Waals surface area contributed by atoms with Crippen LogP contribution in [-0.4, -0.2) is 20.1 Å². The van der Waals surface area contributed by atoms with Gasteiger partial charge >= 0.3 is 0 Å². The molecule has 1 aromatic carbocycles. The fourth-order valence-electron chi connectivity index (χ4n) is 2.44.